The molecule has 0 saturated carbocycles. The van der Waals surface area contributed by atoms with Crippen molar-refractivity contribution in [1.82, 2.24) is 20.0 Å². The van der Waals surface area contributed by atoms with Crippen LogP contribution < -0.4 is 11.1 Å². The molecule has 0 unspecified atom stereocenters. The Morgan fingerprint density at radius 1 is 1.23 bits per heavy atom. The number of ether oxygens (including phenoxy) is 1. The lowest BCUT2D eigenvalue weighted by Crippen LogP contribution is -2.18. The highest BCUT2D eigenvalue weighted by molar-refractivity contribution is 5.88. The number of carbonyl (C=O) groups is 1. The van der Waals surface area contributed by atoms with E-state index in [1.54, 1.807) is 26.1 Å². The first-order valence-corrected chi connectivity index (χ1v) is 8.11. The Hall–Kier alpha value is -3.42. The molecule has 3 N–H and O–H groups in total. The average molecular weight is 352 g/mol. The maximum Gasteiger partial charge on any atom is 0.413 e. The maximum absolute atomic E-state index is 12.3. The molecule has 26 heavy (non-hydrogen) atoms. The molecule has 0 bridgehead atoms. The van der Waals surface area contributed by atoms with Crippen LogP contribution in [0.5, 0.6) is 0 Å². The van der Waals surface area contributed by atoms with E-state index >= 15 is 0 Å². The van der Waals surface area contributed by atoms with Crippen molar-refractivity contribution in [2.45, 2.75) is 20.0 Å². The van der Waals surface area contributed by atoms with Crippen LogP contribution >= 0.6 is 0 Å². The van der Waals surface area contributed by atoms with Gasteiger partial charge in [0.15, 0.2) is 11.5 Å². The van der Waals surface area contributed by atoms with Gasteiger partial charge in [-0.15, -0.1) is 5.10 Å². The molecule has 0 aliphatic carbocycles. The quantitative estimate of drug-likeness (QED) is 0.747. The van der Waals surface area contributed by atoms with Crippen molar-refractivity contribution >= 4 is 17.6 Å². The van der Waals surface area contributed by atoms with Crippen LogP contribution in [0.25, 0.3) is 11.4 Å². The first-order chi connectivity index (χ1) is 12.5. The molecule has 8 heteroatoms. The Kier molecular flexibility index (Phi) is 4.83. The van der Waals surface area contributed by atoms with Crippen molar-refractivity contribution in [3.63, 3.8) is 0 Å². The molecule has 8 nitrogen and oxygen atoms in total. The Balaban J connectivity index is 1.78. The highest BCUT2D eigenvalue weighted by Gasteiger charge is 2.19. The van der Waals surface area contributed by atoms with Gasteiger partial charge in [-0.05, 0) is 31.5 Å². The fourth-order valence-electron chi connectivity index (χ4n) is 2.45. The van der Waals surface area contributed by atoms with Gasteiger partial charge in [-0.2, -0.15) is 0 Å². The normalized spacial score (nSPS) is 11.8. The molecule has 2 heterocycles. The van der Waals surface area contributed by atoms with Crippen molar-refractivity contribution in [1.29, 1.82) is 0 Å². The third-order valence-electron chi connectivity index (χ3n) is 3.97. The Bertz CT molecular complexity index is 923. The number of anilines is 2. The fraction of sp³-hybridized carbons (Fsp3) is 0.222. The van der Waals surface area contributed by atoms with E-state index in [9.17, 15) is 4.79 Å². The van der Waals surface area contributed by atoms with E-state index in [0.29, 0.717) is 28.6 Å². The van der Waals surface area contributed by atoms with E-state index in [4.69, 9.17) is 10.5 Å². The van der Waals surface area contributed by atoms with Crippen LogP contribution in [0.1, 0.15) is 24.3 Å². The Labute approximate surface area is 151 Å². The van der Waals surface area contributed by atoms with Crippen molar-refractivity contribution in [2.75, 3.05) is 11.1 Å². The zero-order valence-corrected chi connectivity index (χ0v) is 14.8. The average Bonchev–Trinajstić information content (AvgIpc) is 2.98. The number of hydrogen-bond acceptors (Lipinski definition) is 6. The molecule has 0 aliphatic heterocycles. The number of aromatic nitrogens is 4. The molecule has 2 aromatic heterocycles. The van der Waals surface area contributed by atoms with Crippen LogP contribution in [0.4, 0.5) is 16.3 Å². The second-order valence-electron chi connectivity index (χ2n) is 5.86. The number of hydrogen-bond donors (Lipinski definition) is 2. The van der Waals surface area contributed by atoms with Gasteiger partial charge in [-0.1, -0.05) is 35.5 Å². The summed E-state index contributed by atoms with van der Waals surface area (Å²) in [6, 6.07) is 13.0. The third-order valence-corrected chi connectivity index (χ3v) is 3.97. The van der Waals surface area contributed by atoms with Crippen LogP contribution in [0.3, 0.4) is 0 Å². The predicted octanol–water partition coefficient (Wildman–Crippen LogP) is 3.08. The van der Waals surface area contributed by atoms with Gasteiger partial charge in [0.25, 0.3) is 0 Å². The fourth-order valence-corrected chi connectivity index (χ4v) is 2.45. The van der Waals surface area contributed by atoms with Crippen molar-refractivity contribution in [3.8, 4) is 11.4 Å². The summed E-state index contributed by atoms with van der Waals surface area (Å²) in [7, 11) is 1.68. The summed E-state index contributed by atoms with van der Waals surface area (Å²) in [6.45, 7) is 3.61. The second kappa shape index (κ2) is 7.22. The number of nitrogens with zero attached hydrogens (tertiary/aromatic N) is 4. The molecule has 1 atom stereocenters. The molecule has 0 radical (unpaired) electrons. The van der Waals surface area contributed by atoms with E-state index < -0.39 is 12.2 Å². The van der Waals surface area contributed by atoms with Gasteiger partial charge in [0.05, 0.1) is 17.1 Å². The summed E-state index contributed by atoms with van der Waals surface area (Å²) in [6.07, 6.45) is -0.988. The molecule has 1 aromatic carbocycles. The number of nitrogen functional groups attached to an aromatic ring is 1. The molecule has 1 amide bonds. The Morgan fingerprint density at radius 3 is 2.65 bits per heavy atom. The van der Waals surface area contributed by atoms with Crippen LogP contribution in [0, 0.1) is 6.92 Å². The van der Waals surface area contributed by atoms with Crippen molar-refractivity contribution < 1.29 is 9.53 Å². The third kappa shape index (κ3) is 3.64. The number of benzene rings is 1. The number of pyridine rings is 1. The van der Waals surface area contributed by atoms with Gasteiger partial charge in [0.1, 0.15) is 6.10 Å². The number of nitrogens with one attached hydrogen (secondary N) is 1. The number of carbonyl (C=O) groups excluding carboxylic acids is 1. The predicted molar refractivity (Wildman–Crippen MR) is 98.3 cm³/mol. The van der Waals surface area contributed by atoms with Gasteiger partial charge < -0.3 is 10.5 Å². The van der Waals surface area contributed by atoms with E-state index in [-0.39, 0.29) is 0 Å². The van der Waals surface area contributed by atoms with E-state index in [2.05, 4.69) is 20.6 Å². The lowest BCUT2D eigenvalue weighted by atomic mass is 10.1. The zero-order valence-electron chi connectivity index (χ0n) is 14.8. The highest BCUT2D eigenvalue weighted by atomic mass is 16.6. The molecular weight excluding hydrogens is 332 g/mol. The number of rotatable bonds is 4. The Morgan fingerprint density at radius 2 is 1.96 bits per heavy atom. The lowest BCUT2D eigenvalue weighted by Gasteiger charge is -2.14. The minimum atomic E-state index is -0.597. The van der Waals surface area contributed by atoms with Gasteiger partial charge in [0.2, 0.25) is 0 Å². The lowest BCUT2D eigenvalue weighted by molar-refractivity contribution is 0.121. The van der Waals surface area contributed by atoms with E-state index in [1.165, 1.54) is 4.68 Å². The molecule has 0 saturated heterocycles. The largest absolute Gasteiger partial charge is 0.441 e. The number of amides is 1. The molecule has 0 spiro atoms. The molecule has 0 aliphatic rings. The highest BCUT2D eigenvalue weighted by Crippen LogP contribution is 2.25. The summed E-state index contributed by atoms with van der Waals surface area (Å²) in [4.78, 5) is 16.7. The minimum Gasteiger partial charge on any atom is -0.441 e. The molecule has 3 aromatic rings. The first-order valence-electron chi connectivity index (χ1n) is 8.11. The standard InChI is InChI=1S/C18H20N6O2/c1-11-14(19)9-10-15(20-11)16-17(24(3)23-22-16)21-18(25)26-12(2)13-7-5-4-6-8-13/h4-10,12H,19H2,1-3H3,(H,21,25)/t12-/m1/s1. The summed E-state index contributed by atoms with van der Waals surface area (Å²) in [5.41, 5.74) is 8.99. The maximum atomic E-state index is 12.3. The number of aryl methyl sites for hydroxylation is 2. The zero-order chi connectivity index (χ0) is 18.7. The summed E-state index contributed by atoms with van der Waals surface area (Å²) in [5.74, 6) is 0.395. The van der Waals surface area contributed by atoms with Crippen LogP contribution in [0.15, 0.2) is 42.5 Å². The smallest absolute Gasteiger partial charge is 0.413 e. The second-order valence-corrected chi connectivity index (χ2v) is 5.86. The molecule has 0 fully saturated rings. The van der Waals surface area contributed by atoms with Gasteiger partial charge in [-0.3, -0.25) is 5.32 Å². The summed E-state index contributed by atoms with van der Waals surface area (Å²) < 4.78 is 6.89. The van der Waals surface area contributed by atoms with Gasteiger partial charge in [-0.25, -0.2) is 14.5 Å². The molecule has 134 valence electrons. The van der Waals surface area contributed by atoms with Gasteiger partial charge in [0, 0.05) is 7.05 Å². The van der Waals surface area contributed by atoms with E-state index in [1.807, 2.05) is 37.3 Å². The van der Waals surface area contributed by atoms with E-state index in [0.717, 1.165) is 5.56 Å². The number of nitrogens with two attached hydrogens (primary N) is 1. The SMILES string of the molecule is Cc1nc(-c2nnn(C)c2NC(=O)O[C@H](C)c2ccccc2)ccc1N. The van der Waals surface area contributed by atoms with Crippen molar-refractivity contribution in [3.05, 3.63) is 53.7 Å². The monoisotopic (exact) mass is 352 g/mol. The molecule has 3 rings (SSSR count). The van der Waals surface area contributed by atoms with Crippen LogP contribution in [0.2, 0.25) is 0 Å². The minimum absolute atomic E-state index is 0.391. The van der Waals surface area contributed by atoms with Crippen molar-refractivity contribution in [2.24, 2.45) is 7.05 Å². The summed E-state index contributed by atoms with van der Waals surface area (Å²) >= 11 is 0. The van der Waals surface area contributed by atoms with Crippen LogP contribution in [-0.2, 0) is 11.8 Å². The first kappa shape index (κ1) is 17.4. The topological polar surface area (TPSA) is 108 Å². The summed E-state index contributed by atoms with van der Waals surface area (Å²) in [5, 5.41) is 10.7. The molecular formula is C18H20N6O2. The van der Waals surface area contributed by atoms with Crippen LogP contribution in [-0.4, -0.2) is 26.1 Å². The van der Waals surface area contributed by atoms with Gasteiger partial charge >= 0.3 is 6.09 Å².